The first-order valence-electron chi connectivity index (χ1n) is 7.11. The zero-order valence-corrected chi connectivity index (χ0v) is 16.7. The van der Waals surface area contributed by atoms with Crippen molar-refractivity contribution < 1.29 is 18.0 Å². The molecule has 0 atom stereocenters. The van der Waals surface area contributed by atoms with E-state index in [1.807, 2.05) is 12.5 Å². The van der Waals surface area contributed by atoms with Crippen molar-refractivity contribution in [2.45, 2.75) is 17.7 Å². The normalized spacial score (nSPS) is 14.3. The molecule has 0 heterocycles. The molecule has 1 aliphatic rings. The first kappa shape index (κ1) is 19.6. The molecule has 0 aliphatic heterocycles. The lowest BCUT2D eigenvalue weighted by Crippen LogP contribution is -2.17. The number of hydrogen-bond acceptors (Lipinski definition) is 6. The van der Waals surface area contributed by atoms with Gasteiger partial charge in [-0.05, 0) is 43.6 Å². The van der Waals surface area contributed by atoms with Gasteiger partial charge in [0.25, 0.3) is 0 Å². The minimum atomic E-state index is -3.42. The number of allylic oxidation sites excluding steroid dienone is 1. The molecule has 1 aromatic carbocycles. The van der Waals surface area contributed by atoms with Gasteiger partial charge in [-0.1, -0.05) is 11.6 Å². The summed E-state index contributed by atoms with van der Waals surface area (Å²) in [7, 11) is -3.42. The lowest BCUT2D eigenvalue weighted by Gasteiger charge is -2.12. The van der Waals surface area contributed by atoms with E-state index in [9.17, 15) is 18.0 Å². The van der Waals surface area contributed by atoms with Crippen LogP contribution in [0.2, 0.25) is 5.02 Å². The number of Topliss-reactive ketones (excluding diaryl/α,β-unsaturated/α-hetero) is 2. The molecule has 4 nitrogen and oxygen atoms in total. The summed E-state index contributed by atoms with van der Waals surface area (Å²) in [5, 5.41) is 0.0329. The number of carbonyl (C=O) groups excluding carboxylic acids is 2. The Labute approximate surface area is 155 Å². The average Bonchev–Trinajstić information content (AvgIpc) is 3.35. The molecule has 8 heteroatoms. The van der Waals surface area contributed by atoms with Crippen molar-refractivity contribution in [2.75, 3.05) is 18.8 Å². The van der Waals surface area contributed by atoms with Crippen molar-refractivity contribution in [3.63, 3.8) is 0 Å². The van der Waals surface area contributed by atoms with Gasteiger partial charge < -0.3 is 0 Å². The van der Waals surface area contributed by atoms with Crippen LogP contribution in [0.1, 0.15) is 23.2 Å². The quantitative estimate of drug-likeness (QED) is 0.297. The predicted octanol–water partition coefficient (Wildman–Crippen LogP) is 3.84. The second kappa shape index (κ2) is 7.64. The zero-order chi connectivity index (χ0) is 18.1. The molecule has 24 heavy (non-hydrogen) atoms. The molecule has 0 saturated heterocycles. The first-order valence-corrected chi connectivity index (χ1v) is 11.8. The third-order valence-corrected chi connectivity index (χ3v) is 7.18. The molecule has 0 unspecified atom stereocenters. The molecular formula is C16H17ClO4S3. The number of ketones is 2. The van der Waals surface area contributed by atoms with Crippen LogP contribution in [0.4, 0.5) is 0 Å². The predicted molar refractivity (Wildman–Crippen MR) is 101 cm³/mol. The smallest absolute Gasteiger partial charge is 0.199 e. The Balaban J connectivity index is 2.51. The topological polar surface area (TPSA) is 68.3 Å². The second-order valence-corrected chi connectivity index (χ2v) is 9.77. The van der Waals surface area contributed by atoms with Gasteiger partial charge in [0.2, 0.25) is 0 Å². The van der Waals surface area contributed by atoms with E-state index in [-0.39, 0.29) is 32.8 Å². The Bertz CT molecular complexity index is 818. The summed E-state index contributed by atoms with van der Waals surface area (Å²) in [6, 6.07) is 3.96. The van der Waals surface area contributed by atoms with E-state index in [0.717, 1.165) is 19.1 Å². The van der Waals surface area contributed by atoms with E-state index in [1.54, 1.807) is 0 Å². The lowest BCUT2D eigenvalue weighted by molar-refractivity contribution is -0.116. The Kier molecular flexibility index (Phi) is 6.23. The number of hydrogen-bond donors (Lipinski definition) is 0. The fourth-order valence-corrected chi connectivity index (χ4v) is 4.63. The standard InChI is InChI=1S/C16H17ClO4S3/c1-22-16(23-2)13(14(18)9-4-5-9)15(19)11-7-6-10(8-12(11)17)24(3,20)21/h6-9H,4-5H2,1-3H3. The third kappa shape index (κ3) is 4.25. The van der Waals surface area contributed by atoms with Gasteiger partial charge in [0, 0.05) is 17.7 Å². The van der Waals surface area contributed by atoms with Crippen LogP contribution in [0, 0.1) is 5.92 Å². The molecule has 1 saturated carbocycles. The maximum Gasteiger partial charge on any atom is 0.199 e. The fourth-order valence-electron chi connectivity index (χ4n) is 2.19. The van der Waals surface area contributed by atoms with Gasteiger partial charge in [0.05, 0.1) is 19.7 Å². The Morgan fingerprint density at radius 2 is 1.75 bits per heavy atom. The number of benzene rings is 1. The van der Waals surface area contributed by atoms with Gasteiger partial charge in [0.15, 0.2) is 21.4 Å². The molecule has 0 aromatic heterocycles. The van der Waals surface area contributed by atoms with Crippen molar-refractivity contribution in [3.05, 3.63) is 38.6 Å². The summed E-state index contributed by atoms with van der Waals surface area (Å²) in [6.45, 7) is 0. The lowest BCUT2D eigenvalue weighted by atomic mass is 9.99. The van der Waals surface area contributed by atoms with E-state index in [0.29, 0.717) is 4.24 Å². The number of sulfone groups is 1. The molecule has 1 aliphatic carbocycles. The van der Waals surface area contributed by atoms with E-state index in [4.69, 9.17) is 11.6 Å². The van der Waals surface area contributed by atoms with Gasteiger partial charge >= 0.3 is 0 Å². The van der Waals surface area contributed by atoms with Gasteiger partial charge in [-0.3, -0.25) is 9.59 Å². The zero-order valence-electron chi connectivity index (χ0n) is 13.5. The summed E-state index contributed by atoms with van der Waals surface area (Å²) in [5.41, 5.74) is 0.306. The molecule has 0 N–H and O–H groups in total. The Morgan fingerprint density at radius 3 is 2.17 bits per heavy atom. The number of thioether (sulfide) groups is 2. The highest BCUT2D eigenvalue weighted by Gasteiger charge is 2.36. The van der Waals surface area contributed by atoms with Crippen LogP contribution in [-0.2, 0) is 14.6 Å². The number of carbonyl (C=O) groups is 2. The number of halogens is 1. The summed E-state index contributed by atoms with van der Waals surface area (Å²) in [6.07, 6.45) is 6.29. The summed E-state index contributed by atoms with van der Waals surface area (Å²) in [5.74, 6) is -0.690. The molecule has 0 amide bonds. The van der Waals surface area contributed by atoms with Crippen LogP contribution >= 0.6 is 35.1 Å². The first-order chi connectivity index (χ1) is 11.2. The molecule has 2 rings (SSSR count). The molecular weight excluding hydrogens is 388 g/mol. The van der Waals surface area contributed by atoms with Gasteiger partial charge in [0.1, 0.15) is 0 Å². The van der Waals surface area contributed by atoms with E-state index < -0.39 is 15.6 Å². The largest absolute Gasteiger partial charge is 0.294 e. The highest BCUT2D eigenvalue weighted by molar-refractivity contribution is 8.21. The van der Waals surface area contributed by atoms with Crippen LogP contribution in [-0.4, -0.2) is 38.8 Å². The molecule has 130 valence electrons. The highest BCUT2D eigenvalue weighted by atomic mass is 35.5. The van der Waals surface area contributed by atoms with Gasteiger partial charge in [-0.15, -0.1) is 23.5 Å². The van der Waals surface area contributed by atoms with Crippen LogP contribution in [0.5, 0.6) is 0 Å². The van der Waals surface area contributed by atoms with Crippen LogP contribution < -0.4 is 0 Å². The van der Waals surface area contributed by atoms with Gasteiger partial charge in [-0.2, -0.15) is 0 Å². The molecule has 1 aromatic rings. The van der Waals surface area contributed by atoms with Crippen LogP contribution in [0.25, 0.3) is 0 Å². The average molecular weight is 405 g/mol. The van der Waals surface area contributed by atoms with Crippen molar-refractivity contribution in [3.8, 4) is 0 Å². The van der Waals surface area contributed by atoms with Crippen LogP contribution in [0.15, 0.2) is 32.9 Å². The minimum absolute atomic E-state index is 0.0329. The SMILES string of the molecule is CSC(SC)=C(C(=O)c1ccc(S(C)(=O)=O)cc1Cl)C(=O)C1CC1. The molecule has 0 bridgehead atoms. The molecule has 0 radical (unpaired) electrons. The van der Waals surface area contributed by atoms with Crippen molar-refractivity contribution in [2.24, 2.45) is 5.92 Å². The van der Waals surface area contributed by atoms with Crippen molar-refractivity contribution >= 4 is 56.5 Å². The number of rotatable bonds is 7. The molecule has 1 fully saturated rings. The van der Waals surface area contributed by atoms with E-state index in [2.05, 4.69) is 0 Å². The summed E-state index contributed by atoms with van der Waals surface area (Å²) < 4.78 is 23.8. The maximum atomic E-state index is 12.9. The summed E-state index contributed by atoms with van der Waals surface area (Å²) >= 11 is 8.83. The van der Waals surface area contributed by atoms with Crippen molar-refractivity contribution in [1.29, 1.82) is 0 Å². The van der Waals surface area contributed by atoms with Gasteiger partial charge in [-0.25, -0.2) is 8.42 Å². The van der Waals surface area contributed by atoms with Crippen LogP contribution in [0.3, 0.4) is 0 Å². The van der Waals surface area contributed by atoms with Crippen molar-refractivity contribution in [1.82, 2.24) is 0 Å². The summed E-state index contributed by atoms with van der Waals surface area (Å²) in [4.78, 5) is 25.5. The molecule has 0 spiro atoms. The maximum absolute atomic E-state index is 12.9. The highest BCUT2D eigenvalue weighted by Crippen LogP contribution is 2.38. The second-order valence-electron chi connectivity index (χ2n) is 5.45. The Hall–Kier alpha value is -0.760. The third-order valence-electron chi connectivity index (χ3n) is 3.61. The van der Waals surface area contributed by atoms with E-state index >= 15 is 0 Å². The monoisotopic (exact) mass is 404 g/mol. The Morgan fingerprint density at radius 1 is 1.17 bits per heavy atom. The minimum Gasteiger partial charge on any atom is -0.294 e. The van der Waals surface area contributed by atoms with E-state index in [1.165, 1.54) is 41.7 Å². The fraction of sp³-hybridized carbons (Fsp3) is 0.375.